The van der Waals surface area contributed by atoms with E-state index < -0.39 is 21.0 Å². The number of sulfone groups is 1. The van der Waals surface area contributed by atoms with Crippen LogP contribution in [0.5, 0.6) is 0 Å². The van der Waals surface area contributed by atoms with Crippen LogP contribution in [0.25, 0.3) is 0 Å². The highest BCUT2D eigenvalue weighted by Crippen LogP contribution is 2.13. The first kappa shape index (κ1) is 16.4. The van der Waals surface area contributed by atoms with Crippen molar-refractivity contribution in [2.24, 2.45) is 0 Å². The molecule has 0 radical (unpaired) electrons. The normalized spacial score (nSPS) is 14.4. The number of nitrogens with one attached hydrogen (secondary N) is 1. The summed E-state index contributed by atoms with van der Waals surface area (Å²) in [5.41, 5.74) is -0.345. The molecule has 1 N–H and O–H groups in total. The van der Waals surface area contributed by atoms with Crippen molar-refractivity contribution in [3.05, 3.63) is 0 Å². The topological polar surface area (TPSA) is 63.2 Å². The van der Waals surface area contributed by atoms with Gasteiger partial charge in [-0.05, 0) is 33.6 Å². The molecule has 0 heterocycles. The molecule has 5 heteroatoms. The molecular weight excluding hydrogens is 238 g/mol. The van der Waals surface area contributed by atoms with E-state index in [0.717, 1.165) is 12.8 Å². The highest BCUT2D eigenvalue weighted by molar-refractivity contribution is 7.92. The SMILES string of the molecule is CCCC(C)(C)NC(=O)[C@@H](C)S(=O)(=O)CCC. The van der Waals surface area contributed by atoms with E-state index in [9.17, 15) is 13.2 Å². The molecule has 0 rings (SSSR count). The van der Waals surface area contributed by atoms with Crippen LogP contribution >= 0.6 is 0 Å². The van der Waals surface area contributed by atoms with Crippen molar-refractivity contribution in [3.8, 4) is 0 Å². The smallest absolute Gasteiger partial charge is 0.238 e. The van der Waals surface area contributed by atoms with Gasteiger partial charge in [-0.3, -0.25) is 4.79 Å². The Hall–Kier alpha value is -0.580. The summed E-state index contributed by atoms with van der Waals surface area (Å²) >= 11 is 0. The molecule has 1 atom stereocenters. The van der Waals surface area contributed by atoms with Gasteiger partial charge >= 0.3 is 0 Å². The van der Waals surface area contributed by atoms with E-state index in [1.807, 2.05) is 20.8 Å². The maximum atomic E-state index is 11.9. The van der Waals surface area contributed by atoms with Gasteiger partial charge in [-0.15, -0.1) is 0 Å². The maximum Gasteiger partial charge on any atom is 0.238 e. The number of hydrogen-bond donors (Lipinski definition) is 1. The number of amides is 1. The van der Waals surface area contributed by atoms with Crippen molar-refractivity contribution in [1.29, 1.82) is 0 Å². The lowest BCUT2D eigenvalue weighted by Gasteiger charge is -2.27. The second-order valence-electron chi connectivity index (χ2n) is 5.13. The standard InChI is InChI=1S/C12H25NO3S/c1-6-8-12(4,5)13-11(14)10(3)17(15,16)9-7-2/h10H,6-9H2,1-5H3,(H,13,14)/t10-/m1/s1. The largest absolute Gasteiger partial charge is 0.350 e. The van der Waals surface area contributed by atoms with Gasteiger partial charge in [-0.1, -0.05) is 20.3 Å². The van der Waals surface area contributed by atoms with Gasteiger partial charge in [0, 0.05) is 5.54 Å². The van der Waals surface area contributed by atoms with Gasteiger partial charge < -0.3 is 5.32 Å². The molecule has 0 aromatic carbocycles. The number of carbonyl (C=O) groups excluding carboxylic acids is 1. The Kier molecular flexibility index (Phi) is 6.16. The molecule has 0 spiro atoms. The number of rotatable bonds is 7. The predicted octanol–water partition coefficient (Wildman–Crippen LogP) is 1.89. The molecule has 1 amide bonds. The Balaban J connectivity index is 4.63. The van der Waals surface area contributed by atoms with E-state index in [4.69, 9.17) is 0 Å². The van der Waals surface area contributed by atoms with E-state index in [1.54, 1.807) is 6.92 Å². The van der Waals surface area contributed by atoms with E-state index in [2.05, 4.69) is 5.32 Å². The van der Waals surface area contributed by atoms with E-state index in [0.29, 0.717) is 6.42 Å². The summed E-state index contributed by atoms with van der Waals surface area (Å²) in [7, 11) is -3.31. The zero-order valence-corrected chi connectivity index (χ0v) is 12.4. The number of hydrogen-bond acceptors (Lipinski definition) is 3. The van der Waals surface area contributed by atoms with E-state index in [-0.39, 0.29) is 11.3 Å². The van der Waals surface area contributed by atoms with Crippen LogP contribution in [0, 0.1) is 0 Å². The lowest BCUT2D eigenvalue weighted by atomic mass is 9.99. The van der Waals surface area contributed by atoms with Gasteiger partial charge in [0.05, 0.1) is 5.75 Å². The minimum atomic E-state index is -3.31. The van der Waals surface area contributed by atoms with Gasteiger partial charge in [0.25, 0.3) is 0 Å². The van der Waals surface area contributed by atoms with Crippen LogP contribution in [-0.4, -0.2) is 30.9 Å². The molecule has 0 aliphatic heterocycles. The van der Waals surface area contributed by atoms with E-state index >= 15 is 0 Å². The summed E-state index contributed by atoms with van der Waals surface area (Å²) < 4.78 is 23.5. The average Bonchev–Trinajstić information content (AvgIpc) is 2.15. The summed E-state index contributed by atoms with van der Waals surface area (Å²) in [6, 6.07) is 0. The van der Waals surface area contributed by atoms with Crippen LogP contribution in [0.2, 0.25) is 0 Å². The fraction of sp³-hybridized carbons (Fsp3) is 0.917. The molecule has 4 nitrogen and oxygen atoms in total. The molecule has 0 aliphatic rings. The first-order valence-electron chi connectivity index (χ1n) is 6.20. The van der Waals surface area contributed by atoms with Gasteiger partial charge in [-0.2, -0.15) is 0 Å². The zero-order valence-electron chi connectivity index (χ0n) is 11.5. The molecule has 0 aliphatic carbocycles. The predicted molar refractivity (Wildman–Crippen MR) is 70.7 cm³/mol. The Morgan fingerprint density at radius 3 is 2.18 bits per heavy atom. The average molecular weight is 263 g/mol. The minimum absolute atomic E-state index is 0.0653. The highest BCUT2D eigenvalue weighted by Gasteiger charge is 2.30. The molecule has 0 fully saturated rings. The van der Waals surface area contributed by atoms with Gasteiger partial charge in [-0.25, -0.2) is 8.42 Å². The molecular formula is C12H25NO3S. The third-order valence-corrected chi connectivity index (χ3v) is 5.00. The maximum absolute atomic E-state index is 11.9. The van der Waals surface area contributed by atoms with Crippen molar-refractivity contribution < 1.29 is 13.2 Å². The molecule has 0 unspecified atom stereocenters. The molecule has 17 heavy (non-hydrogen) atoms. The quantitative estimate of drug-likeness (QED) is 0.763. The Morgan fingerprint density at radius 1 is 1.24 bits per heavy atom. The molecule has 0 saturated carbocycles. The molecule has 0 aromatic heterocycles. The van der Waals surface area contributed by atoms with Crippen LogP contribution in [0.4, 0.5) is 0 Å². The summed E-state index contributed by atoms with van der Waals surface area (Å²) in [5.74, 6) is -0.326. The summed E-state index contributed by atoms with van der Waals surface area (Å²) in [6.07, 6.45) is 2.32. The molecule has 0 saturated heterocycles. The summed E-state index contributed by atoms with van der Waals surface area (Å²) in [6.45, 7) is 9.11. The van der Waals surface area contributed by atoms with Crippen LogP contribution in [0.15, 0.2) is 0 Å². The van der Waals surface area contributed by atoms with Crippen molar-refractivity contribution in [3.63, 3.8) is 0 Å². The summed E-state index contributed by atoms with van der Waals surface area (Å²) in [4.78, 5) is 11.9. The summed E-state index contributed by atoms with van der Waals surface area (Å²) in [5, 5.41) is 1.84. The second kappa shape index (κ2) is 6.38. The van der Waals surface area contributed by atoms with Crippen LogP contribution in [-0.2, 0) is 14.6 Å². The van der Waals surface area contributed by atoms with Crippen molar-refractivity contribution in [2.75, 3.05) is 5.75 Å². The Morgan fingerprint density at radius 2 is 1.76 bits per heavy atom. The van der Waals surface area contributed by atoms with Crippen molar-refractivity contribution in [1.82, 2.24) is 5.32 Å². The highest BCUT2D eigenvalue weighted by atomic mass is 32.2. The lowest BCUT2D eigenvalue weighted by Crippen LogP contribution is -2.49. The monoisotopic (exact) mass is 263 g/mol. The molecule has 0 bridgehead atoms. The second-order valence-corrected chi connectivity index (χ2v) is 7.57. The number of carbonyl (C=O) groups is 1. The first-order chi connectivity index (χ1) is 7.66. The van der Waals surface area contributed by atoms with Gasteiger partial charge in [0.15, 0.2) is 9.84 Å². The fourth-order valence-electron chi connectivity index (χ4n) is 1.75. The van der Waals surface area contributed by atoms with Gasteiger partial charge in [0.1, 0.15) is 5.25 Å². The first-order valence-corrected chi connectivity index (χ1v) is 7.91. The third kappa shape index (κ3) is 5.52. The third-order valence-electron chi connectivity index (χ3n) is 2.73. The Bertz CT molecular complexity index is 347. The van der Waals surface area contributed by atoms with Crippen molar-refractivity contribution in [2.45, 2.75) is 64.7 Å². The molecule has 0 aromatic rings. The fourth-order valence-corrected chi connectivity index (χ4v) is 3.05. The van der Waals surface area contributed by atoms with Crippen LogP contribution in [0.1, 0.15) is 53.9 Å². The minimum Gasteiger partial charge on any atom is -0.350 e. The van der Waals surface area contributed by atoms with E-state index in [1.165, 1.54) is 6.92 Å². The lowest BCUT2D eigenvalue weighted by molar-refractivity contribution is -0.122. The van der Waals surface area contributed by atoms with Gasteiger partial charge in [0.2, 0.25) is 5.91 Å². The van der Waals surface area contributed by atoms with Crippen molar-refractivity contribution >= 4 is 15.7 Å². The zero-order chi connectivity index (χ0) is 13.7. The van der Waals surface area contributed by atoms with Crippen LogP contribution in [0.3, 0.4) is 0 Å². The van der Waals surface area contributed by atoms with Crippen LogP contribution < -0.4 is 5.32 Å². The molecule has 102 valence electrons. The Labute approximate surface area is 105 Å².